The maximum atomic E-state index is 12.7. The number of halogens is 1. The summed E-state index contributed by atoms with van der Waals surface area (Å²) in [6.07, 6.45) is -0.0735. The van der Waals surface area contributed by atoms with Gasteiger partial charge >= 0.3 is 0 Å². The van der Waals surface area contributed by atoms with E-state index in [-0.39, 0.29) is 22.9 Å². The van der Waals surface area contributed by atoms with E-state index in [1.54, 1.807) is 44.2 Å². The zero-order chi connectivity index (χ0) is 20.2. The molecule has 0 aromatic heterocycles. The Kier molecular flexibility index (Phi) is 7.02. The lowest BCUT2D eigenvalue weighted by Crippen LogP contribution is -2.30. The molecular formula is C19H23BrN2O4S. The van der Waals surface area contributed by atoms with Crippen LogP contribution in [-0.4, -0.2) is 26.5 Å². The molecule has 0 spiro atoms. The molecule has 146 valence electrons. The molecule has 27 heavy (non-hydrogen) atoms. The predicted molar refractivity (Wildman–Crippen MR) is 110 cm³/mol. The highest BCUT2D eigenvalue weighted by Gasteiger charge is 2.17. The SMILES string of the molecule is CC(C)NS(=O)(=O)c1ccc(NC(=O)c2cc(Br)ccc2OC(C)C)cc1. The summed E-state index contributed by atoms with van der Waals surface area (Å²) in [5, 5.41) is 2.76. The van der Waals surface area contributed by atoms with Crippen LogP contribution in [0, 0.1) is 0 Å². The lowest BCUT2D eigenvalue weighted by Gasteiger charge is -2.15. The van der Waals surface area contributed by atoms with E-state index in [9.17, 15) is 13.2 Å². The molecule has 2 aromatic rings. The normalized spacial score (nSPS) is 11.7. The smallest absolute Gasteiger partial charge is 0.259 e. The maximum absolute atomic E-state index is 12.7. The van der Waals surface area contributed by atoms with Crippen LogP contribution in [0.5, 0.6) is 5.75 Å². The van der Waals surface area contributed by atoms with Gasteiger partial charge in [0.1, 0.15) is 5.75 Å². The summed E-state index contributed by atoms with van der Waals surface area (Å²) < 4.78 is 33.3. The van der Waals surface area contributed by atoms with Crippen molar-refractivity contribution in [3.05, 3.63) is 52.5 Å². The summed E-state index contributed by atoms with van der Waals surface area (Å²) in [6.45, 7) is 7.27. The number of hydrogen-bond donors (Lipinski definition) is 2. The van der Waals surface area contributed by atoms with Crippen LogP contribution in [0.3, 0.4) is 0 Å². The first-order valence-electron chi connectivity index (χ1n) is 8.48. The van der Waals surface area contributed by atoms with Crippen molar-refractivity contribution in [2.24, 2.45) is 0 Å². The Bertz CT molecular complexity index is 910. The fraction of sp³-hybridized carbons (Fsp3) is 0.316. The van der Waals surface area contributed by atoms with E-state index in [0.717, 1.165) is 4.47 Å². The molecule has 0 unspecified atom stereocenters. The zero-order valence-electron chi connectivity index (χ0n) is 15.6. The Hall–Kier alpha value is -1.90. The van der Waals surface area contributed by atoms with Gasteiger partial charge in [-0.15, -0.1) is 0 Å². The molecule has 0 saturated heterocycles. The first kappa shape index (κ1) is 21.4. The molecule has 0 radical (unpaired) electrons. The van der Waals surface area contributed by atoms with E-state index in [1.165, 1.54) is 12.1 Å². The van der Waals surface area contributed by atoms with E-state index in [0.29, 0.717) is 17.0 Å². The predicted octanol–water partition coefficient (Wildman–Crippen LogP) is 4.18. The Morgan fingerprint density at radius 3 is 2.22 bits per heavy atom. The second-order valence-corrected chi connectivity index (χ2v) is 9.19. The van der Waals surface area contributed by atoms with E-state index < -0.39 is 10.0 Å². The molecule has 0 atom stereocenters. The fourth-order valence-corrected chi connectivity index (χ4v) is 3.94. The minimum Gasteiger partial charge on any atom is -0.490 e. The van der Waals surface area contributed by atoms with Crippen LogP contribution in [0.2, 0.25) is 0 Å². The molecule has 2 N–H and O–H groups in total. The van der Waals surface area contributed by atoms with Crippen molar-refractivity contribution in [3.8, 4) is 5.75 Å². The Labute approximate surface area is 168 Å². The van der Waals surface area contributed by atoms with E-state index in [2.05, 4.69) is 26.0 Å². The number of carbonyl (C=O) groups is 1. The average Bonchev–Trinajstić information content (AvgIpc) is 2.55. The summed E-state index contributed by atoms with van der Waals surface area (Å²) in [5.74, 6) is 0.133. The van der Waals surface area contributed by atoms with Crippen LogP contribution in [0.25, 0.3) is 0 Å². The largest absolute Gasteiger partial charge is 0.490 e. The first-order valence-corrected chi connectivity index (χ1v) is 10.8. The van der Waals surface area contributed by atoms with E-state index in [4.69, 9.17) is 4.74 Å². The van der Waals surface area contributed by atoms with Crippen molar-refractivity contribution in [2.45, 2.75) is 44.7 Å². The van der Waals surface area contributed by atoms with Crippen LogP contribution < -0.4 is 14.8 Å². The topological polar surface area (TPSA) is 84.5 Å². The maximum Gasteiger partial charge on any atom is 0.259 e. The van der Waals surface area contributed by atoms with Gasteiger partial charge in [-0.3, -0.25) is 4.79 Å². The Balaban J connectivity index is 2.21. The van der Waals surface area contributed by atoms with E-state index in [1.807, 2.05) is 13.8 Å². The third kappa shape index (κ3) is 6.05. The summed E-state index contributed by atoms with van der Waals surface area (Å²) in [6, 6.07) is 11.0. The van der Waals surface area contributed by atoms with Crippen molar-refractivity contribution >= 4 is 37.5 Å². The molecule has 0 heterocycles. The lowest BCUT2D eigenvalue weighted by atomic mass is 10.1. The van der Waals surface area contributed by atoms with Gasteiger partial charge in [-0.1, -0.05) is 15.9 Å². The van der Waals surface area contributed by atoms with Crippen molar-refractivity contribution < 1.29 is 17.9 Å². The highest BCUT2D eigenvalue weighted by Crippen LogP contribution is 2.25. The molecule has 0 aliphatic carbocycles. The van der Waals surface area contributed by atoms with Crippen LogP contribution in [0.4, 0.5) is 5.69 Å². The molecule has 0 bridgehead atoms. The van der Waals surface area contributed by atoms with Crippen molar-refractivity contribution in [3.63, 3.8) is 0 Å². The Morgan fingerprint density at radius 2 is 1.67 bits per heavy atom. The fourth-order valence-electron chi connectivity index (χ4n) is 2.33. The monoisotopic (exact) mass is 454 g/mol. The first-order chi connectivity index (χ1) is 12.6. The minimum atomic E-state index is -3.57. The zero-order valence-corrected chi connectivity index (χ0v) is 18.0. The van der Waals surface area contributed by atoms with Gasteiger partial charge in [0.15, 0.2) is 0 Å². The molecule has 0 saturated carbocycles. The number of ether oxygens (including phenoxy) is 1. The second kappa shape index (κ2) is 8.86. The summed E-state index contributed by atoms with van der Waals surface area (Å²) in [7, 11) is -3.57. The van der Waals surface area contributed by atoms with Gasteiger partial charge in [0.05, 0.1) is 16.6 Å². The summed E-state index contributed by atoms with van der Waals surface area (Å²) in [5.41, 5.74) is 0.871. The molecule has 6 nitrogen and oxygen atoms in total. The highest BCUT2D eigenvalue weighted by atomic mass is 79.9. The molecule has 1 amide bonds. The number of rotatable bonds is 7. The van der Waals surface area contributed by atoms with Crippen LogP contribution >= 0.6 is 15.9 Å². The van der Waals surface area contributed by atoms with Gasteiger partial charge in [-0.25, -0.2) is 13.1 Å². The quantitative estimate of drug-likeness (QED) is 0.656. The lowest BCUT2D eigenvalue weighted by molar-refractivity contribution is 0.102. The van der Waals surface area contributed by atoms with Crippen LogP contribution in [-0.2, 0) is 10.0 Å². The van der Waals surface area contributed by atoms with Gasteiger partial charge in [-0.2, -0.15) is 0 Å². The minimum absolute atomic E-state index is 0.0735. The summed E-state index contributed by atoms with van der Waals surface area (Å²) in [4.78, 5) is 12.8. The van der Waals surface area contributed by atoms with Gasteiger partial charge in [0.25, 0.3) is 5.91 Å². The van der Waals surface area contributed by atoms with Crippen LogP contribution in [0.1, 0.15) is 38.1 Å². The molecule has 8 heteroatoms. The molecule has 0 aliphatic rings. The second-order valence-electron chi connectivity index (χ2n) is 6.56. The van der Waals surface area contributed by atoms with Crippen molar-refractivity contribution in [1.29, 1.82) is 0 Å². The van der Waals surface area contributed by atoms with Gasteiger partial charge in [0.2, 0.25) is 10.0 Å². The Morgan fingerprint density at radius 1 is 1.04 bits per heavy atom. The van der Waals surface area contributed by atoms with Crippen LogP contribution in [0.15, 0.2) is 51.8 Å². The number of amides is 1. The summed E-state index contributed by atoms with van der Waals surface area (Å²) >= 11 is 3.36. The molecule has 0 aliphatic heterocycles. The highest BCUT2D eigenvalue weighted by molar-refractivity contribution is 9.10. The third-order valence-electron chi connectivity index (χ3n) is 3.36. The number of sulfonamides is 1. The number of anilines is 1. The number of benzene rings is 2. The van der Waals surface area contributed by atoms with E-state index >= 15 is 0 Å². The number of hydrogen-bond acceptors (Lipinski definition) is 4. The van der Waals surface area contributed by atoms with Crippen molar-refractivity contribution in [1.82, 2.24) is 4.72 Å². The molecule has 0 fully saturated rings. The van der Waals surface area contributed by atoms with Crippen molar-refractivity contribution in [2.75, 3.05) is 5.32 Å². The third-order valence-corrected chi connectivity index (χ3v) is 5.53. The van der Waals surface area contributed by atoms with Gasteiger partial charge in [-0.05, 0) is 70.2 Å². The van der Waals surface area contributed by atoms with Gasteiger partial charge in [0, 0.05) is 16.2 Å². The molecule has 2 aromatic carbocycles. The molecular weight excluding hydrogens is 432 g/mol. The molecule has 2 rings (SSSR count). The number of nitrogens with one attached hydrogen (secondary N) is 2. The number of carbonyl (C=O) groups excluding carboxylic acids is 1. The van der Waals surface area contributed by atoms with Gasteiger partial charge < -0.3 is 10.1 Å². The standard InChI is InChI=1S/C19H23BrN2O4S/c1-12(2)22-27(24,25)16-8-6-15(7-9-16)21-19(23)17-11-14(20)5-10-18(17)26-13(3)4/h5-13,22H,1-4H3,(H,21,23). The average molecular weight is 455 g/mol.